The number of allylic oxidation sites excluding steroid dienone is 1. The molecule has 2 rings (SSSR count). The van der Waals surface area contributed by atoms with Crippen molar-refractivity contribution in [3.63, 3.8) is 0 Å². The van der Waals surface area contributed by atoms with Gasteiger partial charge in [0.25, 0.3) is 0 Å². The molecule has 0 unspecified atom stereocenters. The maximum atomic E-state index is 11.1. The fourth-order valence-electron chi connectivity index (χ4n) is 1.15. The van der Waals surface area contributed by atoms with E-state index in [4.69, 9.17) is 4.74 Å². The Morgan fingerprint density at radius 3 is 3.09 bits per heavy atom. The summed E-state index contributed by atoms with van der Waals surface area (Å²) in [5.74, 6) is 0.446. The third kappa shape index (κ3) is 0.963. The summed E-state index contributed by atoms with van der Waals surface area (Å²) in [6, 6.07) is 5.17. The maximum absolute atomic E-state index is 11.1. The average Bonchev–Trinajstić information content (AvgIpc) is 2.06. The molecule has 0 spiro atoms. The zero-order valence-corrected chi connectivity index (χ0v) is 5.91. The Bertz CT molecular complexity index is 302. The molecule has 0 aromatic heterocycles. The minimum Gasteiger partial charge on any atom is -0.461 e. The number of hydrogen-bond donors (Lipinski definition) is 0. The Labute approximate surface area is 64.7 Å². The van der Waals surface area contributed by atoms with Gasteiger partial charge in [0.05, 0.1) is 6.26 Å². The van der Waals surface area contributed by atoms with Gasteiger partial charge >= 0.3 is 0 Å². The molecule has 11 heavy (non-hydrogen) atoms. The molecule has 1 aliphatic heterocycles. The van der Waals surface area contributed by atoms with Gasteiger partial charge in [-0.3, -0.25) is 5.11 Å². The lowest BCUT2D eigenvalue weighted by Crippen LogP contribution is -1.95. The predicted octanol–water partition coefficient (Wildman–Crippen LogP) is 2.28. The summed E-state index contributed by atoms with van der Waals surface area (Å²) >= 11 is 0. The first-order chi connectivity index (χ1) is 5.38. The highest BCUT2D eigenvalue weighted by molar-refractivity contribution is 5.47. The van der Waals surface area contributed by atoms with Crippen molar-refractivity contribution < 1.29 is 9.84 Å². The van der Waals surface area contributed by atoms with Gasteiger partial charge in [-0.1, -0.05) is 12.1 Å². The molecular weight excluding hydrogens is 140 g/mol. The standard InChI is InChI=1S/C9H7O2/c10-8-5-1-3-7-4-2-6-11-9(7)8/h1-3,5-6H,4H2. The summed E-state index contributed by atoms with van der Waals surface area (Å²) in [6.07, 6.45) is 4.25. The molecule has 0 bridgehead atoms. The lowest BCUT2D eigenvalue weighted by Gasteiger charge is -2.10. The molecule has 0 saturated heterocycles. The molecule has 2 heteroatoms. The van der Waals surface area contributed by atoms with Gasteiger partial charge in [0.15, 0.2) is 5.75 Å². The summed E-state index contributed by atoms with van der Waals surface area (Å²) < 4.78 is 5.06. The molecule has 0 atom stereocenters. The number of fused-ring (bicyclic) bond motifs is 1. The highest BCUT2D eigenvalue weighted by Crippen LogP contribution is 2.32. The zero-order valence-electron chi connectivity index (χ0n) is 5.91. The van der Waals surface area contributed by atoms with Crippen LogP contribution in [0.2, 0.25) is 0 Å². The Morgan fingerprint density at radius 1 is 1.36 bits per heavy atom. The van der Waals surface area contributed by atoms with Crippen molar-refractivity contribution in [3.05, 3.63) is 36.1 Å². The van der Waals surface area contributed by atoms with Gasteiger partial charge in [-0.25, -0.2) is 0 Å². The van der Waals surface area contributed by atoms with Gasteiger partial charge in [-0.05, 0) is 18.6 Å². The monoisotopic (exact) mass is 147 g/mol. The van der Waals surface area contributed by atoms with E-state index in [0.717, 1.165) is 12.0 Å². The highest BCUT2D eigenvalue weighted by atomic mass is 16.5. The third-order valence-electron chi connectivity index (χ3n) is 1.68. The van der Waals surface area contributed by atoms with Crippen LogP contribution in [0, 0.1) is 0 Å². The highest BCUT2D eigenvalue weighted by Gasteiger charge is 2.10. The maximum Gasteiger partial charge on any atom is 0.221 e. The fourth-order valence-corrected chi connectivity index (χ4v) is 1.15. The summed E-state index contributed by atoms with van der Waals surface area (Å²) in [4.78, 5) is 0. The van der Waals surface area contributed by atoms with E-state index >= 15 is 0 Å². The molecule has 1 aromatic rings. The van der Waals surface area contributed by atoms with Crippen LogP contribution < -0.4 is 4.74 Å². The first-order valence-corrected chi connectivity index (χ1v) is 3.48. The van der Waals surface area contributed by atoms with E-state index in [1.54, 1.807) is 12.3 Å². The van der Waals surface area contributed by atoms with E-state index in [2.05, 4.69) is 0 Å². The molecule has 0 amide bonds. The van der Waals surface area contributed by atoms with Gasteiger partial charge in [0.2, 0.25) is 5.75 Å². The van der Waals surface area contributed by atoms with Crippen LogP contribution in [0.3, 0.4) is 0 Å². The van der Waals surface area contributed by atoms with Crippen molar-refractivity contribution in [1.82, 2.24) is 0 Å². The van der Waals surface area contributed by atoms with E-state index in [9.17, 15) is 5.11 Å². The van der Waals surface area contributed by atoms with Crippen LogP contribution in [0.1, 0.15) is 5.56 Å². The van der Waals surface area contributed by atoms with E-state index in [1.165, 1.54) is 6.07 Å². The third-order valence-corrected chi connectivity index (χ3v) is 1.68. The number of para-hydroxylation sites is 1. The van der Waals surface area contributed by atoms with Crippen LogP contribution in [0.5, 0.6) is 11.5 Å². The molecule has 1 aromatic carbocycles. The minimum atomic E-state index is -0.0353. The van der Waals surface area contributed by atoms with Crippen LogP contribution >= 0.6 is 0 Å². The number of benzene rings is 1. The van der Waals surface area contributed by atoms with E-state index < -0.39 is 0 Å². The van der Waals surface area contributed by atoms with Crippen LogP contribution in [0.4, 0.5) is 0 Å². The fraction of sp³-hybridized carbons (Fsp3) is 0.111. The number of ether oxygens (including phenoxy) is 1. The van der Waals surface area contributed by atoms with Crippen LogP contribution in [-0.2, 0) is 11.5 Å². The van der Waals surface area contributed by atoms with Crippen molar-refractivity contribution >= 4 is 0 Å². The predicted molar refractivity (Wildman–Crippen MR) is 40.0 cm³/mol. The van der Waals surface area contributed by atoms with Crippen LogP contribution in [0.15, 0.2) is 30.5 Å². The number of hydrogen-bond acceptors (Lipinski definition) is 1. The molecule has 55 valence electrons. The van der Waals surface area contributed by atoms with Crippen molar-refractivity contribution in [2.24, 2.45) is 0 Å². The van der Waals surface area contributed by atoms with Gasteiger partial charge in [-0.2, -0.15) is 0 Å². The summed E-state index contributed by atoms with van der Waals surface area (Å²) in [7, 11) is 0. The van der Waals surface area contributed by atoms with Gasteiger partial charge < -0.3 is 4.74 Å². The first-order valence-electron chi connectivity index (χ1n) is 3.48. The Hall–Kier alpha value is -1.44. The summed E-state index contributed by atoms with van der Waals surface area (Å²) in [5.41, 5.74) is 0.972. The van der Waals surface area contributed by atoms with Crippen molar-refractivity contribution in [3.8, 4) is 11.5 Å². The van der Waals surface area contributed by atoms with E-state index in [0.29, 0.717) is 5.75 Å². The largest absolute Gasteiger partial charge is 0.461 e. The Balaban J connectivity index is 2.54. The quantitative estimate of drug-likeness (QED) is 0.553. The topological polar surface area (TPSA) is 29.1 Å². The second kappa shape index (κ2) is 2.31. The number of rotatable bonds is 0. The summed E-state index contributed by atoms with van der Waals surface area (Å²) in [5, 5.41) is 11.1. The van der Waals surface area contributed by atoms with Crippen molar-refractivity contribution in [2.75, 3.05) is 0 Å². The van der Waals surface area contributed by atoms with E-state index in [-0.39, 0.29) is 5.75 Å². The second-order valence-electron chi connectivity index (χ2n) is 2.44. The molecule has 0 saturated carbocycles. The van der Waals surface area contributed by atoms with Crippen molar-refractivity contribution in [1.29, 1.82) is 0 Å². The molecule has 0 fully saturated rings. The normalized spacial score (nSPS) is 13.8. The first kappa shape index (κ1) is 6.28. The molecule has 1 radical (unpaired) electrons. The van der Waals surface area contributed by atoms with Crippen LogP contribution in [0.25, 0.3) is 0 Å². The van der Waals surface area contributed by atoms with E-state index in [1.807, 2.05) is 12.1 Å². The second-order valence-corrected chi connectivity index (χ2v) is 2.44. The molecule has 0 aliphatic carbocycles. The summed E-state index contributed by atoms with van der Waals surface area (Å²) in [6.45, 7) is 0. The lowest BCUT2D eigenvalue weighted by atomic mass is 10.1. The Kier molecular flexibility index (Phi) is 1.32. The molecule has 0 N–H and O–H groups in total. The van der Waals surface area contributed by atoms with Gasteiger partial charge in [-0.15, -0.1) is 0 Å². The average molecular weight is 147 g/mol. The Morgan fingerprint density at radius 2 is 2.27 bits per heavy atom. The van der Waals surface area contributed by atoms with Crippen LogP contribution in [-0.4, -0.2) is 0 Å². The molecule has 2 nitrogen and oxygen atoms in total. The smallest absolute Gasteiger partial charge is 0.221 e. The minimum absolute atomic E-state index is 0.0353. The van der Waals surface area contributed by atoms with Gasteiger partial charge in [0, 0.05) is 5.56 Å². The zero-order chi connectivity index (χ0) is 7.68. The molecule has 1 heterocycles. The van der Waals surface area contributed by atoms with Crippen molar-refractivity contribution in [2.45, 2.75) is 6.42 Å². The lowest BCUT2D eigenvalue weighted by molar-refractivity contribution is 0.325. The van der Waals surface area contributed by atoms with Gasteiger partial charge in [0.1, 0.15) is 0 Å². The molecule has 1 aliphatic rings. The SMILES string of the molecule is [O]c1cccc2c1OC=CC2. The molecular formula is C9H7O2.